The van der Waals surface area contributed by atoms with Gasteiger partial charge in [0, 0.05) is 22.6 Å². The van der Waals surface area contributed by atoms with Crippen LogP contribution in [0.5, 0.6) is 0 Å². The molecule has 20 heavy (non-hydrogen) atoms. The number of benzene rings is 1. The van der Waals surface area contributed by atoms with Gasteiger partial charge in [0.25, 0.3) is 0 Å². The second kappa shape index (κ2) is 6.89. The van der Waals surface area contributed by atoms with Crippen molar-refractivity contribution in [3.05, 3.63) is 42.1 Å². The summed E-state index contributed by atoms with van der Waals surface area (Å²) in [6, 6.07) is 8.83. The van der Waals surface area contributed by atoms with Gasteiger partial charge in [-0.2, -0.15) is 11.8 Å². The number of hydrogen-bond donors (Lipinski definition) is 2. The second-order valence-electron chi connectivity index (χ2n) is 5.20. The van der Waals surface area contributed by atoms with E-state index in [0.717, 1.165) is 18.6 Å². The van der Waals surface area contributed by atoms with Crippen LogP contribution in [0.1, 0.15) is 26.0 Å². The fourth-order valence-corrected chi connectivity index (χ4v) is 2.95. The Morgan fingerprint density at radius 1 is 1.40 bits per heavy atom. The Labute approximate surface area is 126 Å². The molecule has 1 atom stereocenters. The highest BCUT2D eigenvalue weighted by Crippen LogP contribution is 2.30. The van der Waals surface area contributed by atoms with Crippen molar-refractivity contribution >= 4 is 28.4 Å². The lowest BCUT2D eigenvalue weighted by Gasteiger charge is -2.20. The Morgan fingerprint density at radius 2 is 2.15 bits per heavy atom. The first kappa shape index (κ1) is 15.0. The Morgan fingerprint density at radius 3 is 2.80 bits per heavy atom. The fourth-order valence-electron chi connectivity index (χ4n) is 2.48. The molecule has 1 aromatic carbocycles. The van der Waals surface area contributed by atoms with Crippen LogP contribution in [0.25, 0.3) is 10.9 Å². The number of thioether (sulfide) groups is 1. The van der Waals surface area contributed by atoms with Gasteiger partial charge < -0.3 is 10.3 Å². The van der Waals surface area contributed by atoms with Gasteiger partial charge in [0.15, 0.2) is 0 Å². The lowest BCUT2D eigenvalue weighted by atomic mass is 10.1. The highest BCUT2D eigenvalue weighted by Gasteiger charge is 2.15. The molecule has 0 aliphatic carbocycles. The number of para-hydroxylation sites is 1. The topological polar surface area (TPSA) is 27.8 Å². The normalized spacial score (nSPS) is 12.6. The molecule has 2 N–H and O–H groups in total. The third kappa shape index (κ3) is 3.21. The van der Waals surface area contributed by atoms with Crippen molar-refractivity contribution in [1.29, 1.82) is 0 Å². The maximum absolute atomic E-state index is 4.14. The molecule has 1 aromatic heterocycles. The number of aryl methyl sites for hydroxylation is 1. The zero-order valence-corrected chi connectivity index (χ0v) is 13.4. The van der Waals surface area contributed by atoms with Gasteiger partial charge in [-0.3, -0.25) is 0 Å². The third-order valence-electron chi connectivity index (χ3n) is 3.66. The smallest absolute Gasteiger partial charge is 0.0635 e. The molecule has 0 amide bonds. The predicted molar refractivity (Wildman–Crippen MR) is 92.9 cm³/mol. The van der Waals surface area contributed by atoms with Gasteiger partial charge >= 0.3 is 0 Å². The van der Waals surface area contributed by atoms with Gasteiger partial charge in [-0.05, 0) is 37.8 Å². The zero-order chi connectivity index (χ0) is 14.5. The van der Waals surface area contributed by atoms with E-state index >= 15 is 0 Å². The summed E-state index contributed by atoms with van der Waals surface area (Å²) in [6.45, 7) is 8.44. The van der Waals surface area contributed by atoms with Gasteiger partial charge in [-0.25, -0.2) is 0 Å². The number of fused-ring (bicyclic) bond motifs is 1. The molecule has 0 bridgehead atoms. The monoisotopic (exact) mass is 288 g/mol. The van der Waals surface area contributed by atoms with Crippen LogP contribution in [-0.2, 0) is 6.42 Å². The molecule has 1 heterocycles. The summed E-state index contributed by atoms with van der Waals surface area (Å²) in [5, 5.41) is 4.99. The molecule has 2 nitrogen and oxygen atoms in total. The molecule has 0 aliphatic heterocycles. The Hall–Kier alpha value is -1.35. The molecule has 2 rings (SSSR count). The quantitative estimate of drug-likeness (QED) is 0.713. The lowest BCUT2D eigenvalue weighted by Crippen LogP contribution is -2.21. The van der Waals surface area contributed by atoms with E-state index in [2.05, 4.69) is 61.2 Å². The van der Waals surface area contributed by atoms with E-state index in [0.29, 0.717) is 6.04 Å². The molecular weight excluding hydrogens is 264 g/mol. The molecule has 0 spiro atoms. The van der Waals surface area contributed by atoms with Crippen LogP contribution >= 0.6 is 11.8 Å². The van der Waals surface area contributed by atoms with Crippen molar-refractivity contribution in [3.63, 3.8) is 0 Å². The van der Waals surface area contributed by atoms with Crippen molar-refractivity contribution in [2.45, 2.75) is 32.7 Å². The van der Waals surface area contributed by atoms with E-state index in [-0.39, 0.29) is 0 Å². The van der Waals surface area contributed by atoms with Crippen LogP contribution < -0.4 is 5.32 Å². The van der Waals surface area contributed by atoms with Crippen LogP contribution in [0.4, 0.5) is 5.69 Å². The molecule has 0 fully saturated rings. The average Bonchev–Trinajstić information content (AvgIpc) is 2.81. The van der Waals surface area contributed by atoms with Gasteiger partial charge in [0.2, 0.25) is 0 Å². The van der Waals surface area contributed by atoms with E-state index in [1.165, 1.54) is 27.9 Å². The number of H-pyrrole nitrogens is 1. The summed E-state index contributed by atoms with van der Waals surface area (Å²) < 4.78 is 0. The summed E-state index contributed by atoms with van der Waals surface area (Å²) in [7, 11) is 0. The van der Waals surface area contributed by atoms with Crippen LogP contribution in [-0.4, -0.2) is 23.0 Å². The highest BCUT2D eigenvalue weighted by molar-refractivity contribution is 7.98. The van der Waals surface area contributed by atoms with Gasteiger partial charge in [-0.1, -0.05) is 37.3 Å². The molecule has 0 saturated carbocycles. The zero-order valence-electron chi connectivity index (χ0n) is 12.6. The van der Waals surface area contributed by atoms with Crippen LogP contribution in [0.2, 0.25) is 0 Å². The minimum absolute atomic E-state index is 0.340. The average molecular weight is 288 g/mol. The van der Waals surface area contributed by atoms with Gasteiger partial charge in [0.1, 0.15) is 0 Å². The SMILES string of the molecule is C=C(C)[C@H](CCSC)Nc1c(CC)[nH]c2ccccc12. The standard InChI is InChI=1S/C17H24N2S/c1-5-14-17(13-8-6-7-9-16(13)18-14)19-15(12(2)3)10-11-20-4/h6-9,15,18-19H,2,5,10-11H2,1,3-4H3/t15-/m0/s1. The minimum atomic E-state index is 0.340. The van der Waals surface area contributed by atoms with E-state index in [1.807, 2.05) is 11.8 Å². The highest BCUT2D eigenvalue weighted by atomic mass is 32.2. The van der Waals surface area contributed by atoms with E-state index in [4.69, 9.17) is 0 Å². The van der Waals surface area contributed by atoms with Crippen LogP contribution in [0.15, 0.2) is 36.4 Å². The van der Waals surface area contributed by atoms with E-state index < -0.39 is 0 Å². The maximum Gasteiger partial charge on any atom is 0.0635 e. The fraction of sp³-hybridized carbons (Fsp3) is 0.412. The number of aromatic amines is 1. The summed E-state index contributed by atoms with van der Waals surface area (Å²) >= 11 is 1.88. The van der Waals surface area contributed by atoms with Crippen molar-refractivity contribution in [2.75, 3.05) is 17.3 Å². The van der Waals surface area contributed by atoms with E-state index in [9.17, 15) is 0 Å². The summed E-state index contributed by atoms with van der Waals surface area (Å²) in [5.41, 5.74) is 4.93. The molecule has 0 aliphatic rings. The Bertz CT molecular complexity index is 586. The summed E-state index contributed by atoms with van der Waals surface area (Å²) in [5.74, 6) is 1.15. The first-order valence-electron chi connectivity index (χ1n) is 7.17. The molecule has 3 heteroatoms. The number of rotatable bonds is 7. The molecular formula is C17H24N2S. The maximum atomic E-state index is 4.14. The molecule has 0 unspecified atom stereocenters. The van der Waals surface area contributed by atoms with Gasteiger partial charge in [0.05, 0.1) is 5.69 Å². The molecule has 2 aromatic rings. The number of hydrogen-bond acceptors (Lipinski definition) is 2. The van der Waals surface area contributed by atoms with Crippen molar-refractivity contribution in [3.8, 4) is 0 Å². The number of aromatic nitrogens is 1. The largest absolute Gasteiger partial charge is 0.377 e. The van der Waals surface area contributed by atoms with Crippen LogP contribution in [0.3, 0.4) is 0 Å². The first-order chi connectivity index (χ1) is 9.67. The number of anilines is 1. The second-order valence-corrected chi connectivity index (χ2v) is 6.19. The summed E-state index contributed by atoms with van der Waals surface area (Å²) in [6.07, 6.45) is 4.26. The number of nitrogens with one attached hydrogen (secondary N) is 2. The first-order valence-corrected chi connectivity index (χ1v) is 8.57. The minimum Gasteiger partial charge on any atom is -0.377 e. The lowest BCUT2D eigenvalue weighted by molar-refractivity contribution is 0.797. The Balaban J connectivity index is 2.32. The van der Waals surface area contributed by atoms with Crippen LogP contribution in [0, 0.1) is 0 Å². The van der Waals surface area contributed by atoms with E-state index in [1.54, 1.807) is 0 Å². The van der Waals surface area contributed by atoms with Crippen molar-refractivity contribution in [2.24, 2.45) is 0 Å². The molecule has 0 saturated heterocycles. The molecule has 0 radical (unpaired) electrons. The molecule has 108 valence electrons. The predicted octanol–water partition coefficient (Wildman–Crippen LogP) is 4.84. The Kier molecular flexibility index (Phi) is 5.18. The van der Waals surface area contributed by atoms with Crippen molar-refractivity contribution in [1.82, 2.24) is 4.98 Å². The summed E-state index contributed by atoms with van der Waals surface area (Å²) in [4.78, 5) is 3.52. The third-order valence-corrected chi connectivity index (χ3v) is 4.31. The van der Waals surface area contributed by atoms with Crippen molar-refractivity contribution < 1.29 is 0 Å². The van der Waals surface area contributed by atoms with Gasteiger partial charge in [-0.15, -0.1) is 0 Å².